The predicted octanol–water partition coefficient (Wildman–Crippen LogP) is -0.140. The first-order valence-electron chi connectivity index (χ1n) is 4.04. The van der Waals surface area contributed by atoms with E-state index in [4.69, 9.17) is 0 Å². The number of rotatable bonds is 4. The molecule has 2 amide bonds. The molecule has 0 saturated carbocycles. The van der Waals surface area contributed by atoms with Crippen molar-refractivity contribution < 1.29 is 23.8 Å². The standard InChI is InChI=1S/C7H11BNO5/c1-3-13-6(11)4-5(10)9-7(12)14-8-2/h3-4H2,1-2H3,(H,9,10,12). The third-order valence-electron chi connectivity index (χ3n) is 1.08. The second-order valence-electron chi connectivity index (χ2n) is 2.17. The van der Waals surface area contributed by atoms with E-state index in [0.717, 1.165) is 7.48 Å². The summed E-state index contributed by atoms with van der Waals surface area (Å²) in [5.74, 6) is -1.44. The van der Waals surface area contributed by atoms with Gasteiger partial charge in [-0.05, 0) is 13.7 Å². The molecule has 0 aliphatic carbocycles. The molecule has 7 heteroatoms. The highest BCUT2D eigenvalue weighted by Gasteiger charge is 2.13. The number of imide groups is 1. The molecule has 0 aliphatic heterocycles. The average molecular weight is 200 g/mol. The first-order valence-corrected chi connectivity index (χ1v) is 4.04. The highest BCUT2D eigenvalue weighted by molar-refractivity contribution is 6.28. The third-order valence-corrected chi connectivity index (χ3v) is 1.08. The number of hydrogen-bond acceptors (Lipinski definition) is 5. The van der Waals surface area contributed by atoms with E-state index in [0.29, 0.717) is 0 Å². The van der Waals surface area contributed by atoms with E-state index in [1.165, 1.54) is 6.82 Å². The van der Waals surface area contributed by atoms with Gasteiger partial charge in [0.25, 0.3) is 0 Å². The van der Waals surface area contributed by atoms with Crippen molar-refractivity contribution in [1.82, 2.24) is 5.32 Å². The molecule has 0 aliphatic rings. The molecule has 0 rings (SSSR count). The maximum atomic E-state index is 10.9. The Morgan fingerprint density at radius 1 is 1.36 bits per heavy atom. The molecule has 0 atom stereocenters. The van der Waals surface area contributed by atoms with Crippen LogP contribution in [0.2, 0.25) is 6.82 Å². The summed E-state index contributed by atoms with van der Waals surface area (Å²) in [6.45, 7) is 3.30. The van der Waals surface area contributed by atoms with E-state index in [2.05, 4.69) is 9.39 Å². The van der Waals surface area contributed by atoms with Crippen LogP contribution in [-0.2, 0) is 19.0 Å². The molecule has 0 fully saturated rings. The lowest BCUT2D eigenvalue weighted by molar-refractivity contribution is -0.145. The lowest BCUT2D eigenvalue weighted by Crippen LogP contribution is -2.33. The Hall–Kier alpha value is -1.53. The summed E-state index contributed by atoms with van der Waals surface area (Å²) in [5.41, 5.74) is 0. The summed E-state index contributed by atoms with van der Waals surface area (Å²) in [4.78, 5) is 32.3. The predicted molar refractivity (Wildman–Crippen MR) is 47.5 cm³/mol. The van der Waals surface area contributed by atoms with Gasteiger partial charge in [-0.25, -0.2) is 4.79 Å². The SMILES string of the molecule is C[B]OC(=O)NC(=O)CC(=O)OCC. The van der Waals surface area contributed by atoms with Gasteiger partial charge in [0.05, 0.1) is 6.61 Å². The van der Waals surface area contributed by atoms with Gasteiger partial charge < -0.3 is 9.39 Å². The molecule has 0 aromatic heterocycles. The summed E-state index contributed by atoms with van der Waals surface area (Å²) in [6, 6.07) is 0. The van der Waals surface area contributed by atoms with Gasteiger partial charge in [-0.3, -0.25) is 14.9 Å². The molecule has 14 heavy (non-hydrogen) atoms. The van der Waals surface area contributed by atoms with Gasteiger partial charge in [0.15, 0.2) is 0 Å². The van der Waals surface area contributed by atoms with Crippen LogP contribution < -0.4 is 5.32 Å². The van der Waals surface area contributed by atoms with E-state index in [-0.39, 0.29) is 6.61 Å². The molecule has 0 heterocycles. The van der Waals surface area contributed by atoms with E-state index in [1.54, 1.807) is 6.92 Å². The van der Waals surface area contributed by atoms with Crippen molar-refractivity contribution >= 4 is 25.5 Å². The molecule has 0 bridgehead atoms. The number of amides is 2. The zero-order valence-corrected chi connectivity index (χ0v) is 8.03. The monoisotopic (exact) mass is 200 g/mol. The van der Waals surface area contributed by atoms with Gasteiger partial charge in [0.2, 0.25) is 5.91 Å². The Kier molecular flexibility index (Phi) is 6.18. The number of carbonyl (C=O) groups excluding carboxylic acids is 3. The quantitative estimate of drug-likeness (QED) is 0.388. The van der Waals surface area contributed by atoms with Crippen LogP contribution in [0, 0.1) is 0 Å². The van der Waals surface area contributed by atoms with Crippen molar-refractivity contribution in [2.24, 2.45) is 0 Å². The molecule has 0 unspecified atom stereocenters. The Labute approximate surface area is 82.2 Å². The summed E-state index contributed by atoms with van der Waals surface area (Å²) in [6.07, 6.45) is -1.41. The van der Waals surface area contributed by atoms with Crippen LogP contribution in [-0.4, -0.2) is 32.1 Å². The fraction of sp³-hybridized carbons (Fsp3) is 0.571. The van der Waals surface area contributed by atoms with E-state index in [9.17, 15) is 14.4 Å². The topological polar surface area (TPSA) is 81.7 Å². The minimum atomic E-state index is -0.915. The molecule has 6 nitrogen and oxygen atoms in total. The zero-order chi connectivity index (χ0) is 11.0. The van der Waals surface area contributed by atoms with Gasteiger partial charge in [-0.1, -0.05) is 0 Å². The summed E-state index contributed by atoms with van der Waals surface area (Å²) < 4.78 is 8.80. The highest BCUT2D eigenvalue weighted by atomic mass is 16.5. The van der Waals surface area contributed by atoms with Crippen molar-refractivity contribution in [1.29, 1.82) is 0 Å². The van der Waals surface area contributed by atoms with Crippen LogP contribution in [0.4, 0.5) is 4.79 Å². The van der Waals surface area contributed by atoms with Gasteiger partial charge in [0, 0.05) is 0 Å². The number of ether oxygens (including phenoxy) is 1. The molecule has 0 spiro atoms. The van der Waals surface area contributed by atoms with Gasteiger partial charge in [-0.15, -0.1) is 0 Å². The van der Waals surface area contributed by atoms with Crippen molar-refractivity contribution in [2.45, 2.75) is 20.2 Å². The second kappa shape index (κ2) is 6.93. The third kappa shape index (κ3) is 6.04. The van der Waals surface area contributed by atoms with Crippen LogP contribution in [0.15, 0.2) is 0 Å². The van der Waals surface area contributed by atoms with E-state index in [1.807, 2.05) is 5.32 Å². The lowest BCUT2D eigenvalue weighted by Gasteiger charge is -2.03. The lowest BCUT2D eigenvalue weighted by atomic mass is 10.1. The van der Waals surface area contributed by atoms with Crippen molar-refractivity contribution in [3.8, 4) is 0 Å². The first-order chi connectivity index (χ1) is 6.60. The zero-order valence-electron chi connectivity index (χ0n) is 8.03. The van der Waals surface area contributed by atoms with Crippen LogP contribution in [0.5, 0.6) is 0 Å². The molecule has 0 aromatic carbocycles. The Morgan fingerprint density at radius 3 is 2.50 bits per heavy atom. The fourth-order valence-corrected chi connectivity index (χ4v) is 0.638. The summed E-state index contributed by atoms with van der Waals surface area (Å²) in [7, 11) is 1.12. The largest absolute Gasteiger partial charge is 0.523 e. The van der Waals surface area contributed by atoms with Crippen molar-refractivity contribution in [2.75, 3.05) is 6.61 Å². The maximum Gasteiger partial charge on any atom is 0.395 e. The Bertz CT molecular complexity index is 208. The Morgan fingerprint density at radius 2 is 2.00 bits per heavy atom. The van der Waals surface area contributed by atoms with Crippen molar-refractivity contribution in [3.05, 3.63) is 0 Å². The van der Waals surface area contributed by atoms with Gasteiger partial charge >= 0.3 is 19.5 Å². The number of nitrogens with one attached hydrogen (secondary N) is 1. The van der Waals surface area contributed by atoms with Crippen molar-refractivity contribution in [3.63, 3.8) is 0 Å². The van der Waals surface area contributed by atoms with E-state index < -0.39 is 24.4 Å². The average Bonchev–Trinajstić information content (AvgIpc) is 2.03. The van der Waals surface area contributed by atoms with Crippen LogP contribution in [0.1, 0.15) is 13.3 Å². The molecule has 0 aromatic rings. The Balaban J connectivity index is 3.75. The van der Waals surface area contributed by atoms with Crippen LogP contribution in [0.25, 0.3) is 0 Å². The smallest absolute Gasteiger partial charge is 0.395 e. The first kappa shape index (κ1) is 12.5. The highest BCUT2D eigenvalue weighted by Crippen LogP contribution is 1.87. The summed E-state index contributed by atoms with van der Waals surface area (Å²) in [5, 5.41) is 1.84. The molecule has 0 saturated heterocycles. The van der Waals surface area contributed by atoms with E-state index >= 15 is 0 Å². The van der Waals surface area contributed by atoms with Crippen LogP contribution >= 0.6 is 0 Å². The normalized spacial score (nSPS) is 8.71. The van der Waals surface area contributed by atoms with Crippen LogP contribution in [0.3, 0.4) is 0 Å². The number of hydrogen-bond donors (Lipinski definition) is 1. The summed E-state index contributed by atoms with van der Waals surface area (Å²) >= 11 is 0. The molecule has 1 N–H and O–H groups in total. The molecule has 1 radical (unpaired) electrons. The number of esters is 1. The second-order valence-corrected chi connectivity index (χ2v) is 2.17. The molecular formula is C7H11BNO5. The number of carbonyl (C=O) groups is 3. The fourth-order valence-electron chi connectivity index (χ4n) is 0.638. The van der Waals surface area contributed by atoms with Gasteiger partial charge in [-0.2, -0.15) is 0 Å². The van der Waals surface area contributed by atoms with Gasteiger partial charge in [0.1, 0.15) is 6.42 Å². The minimum Gasteiger partial charge on any atom is -0.523 e. The molecule has 77 valence electrons. The maximum absolute atomic E-state index is 10.9. The minimum absolute atomic E-state index is 0.194. The molecular weight excluding hydrogens is 189 g/mol.